The molecule has 69 heavy (non-hydrogen) atoms. The van der Waals surface area contributed by atoms with Gasteiger partial charge in [0.2, 0.25) is 6.79 Å². The second-order valence-electron chi connectivity index (χ2n) is 17.1. The van der Waals surface area contributed by atoms with Crippen LogP contribution in [0.1, 0.15) is 87.6 Å². The summed E-state index contributed by atoms with van der Waals surface area (Å²) in [6.45, 7) is 10.7. The number of fused-ring (bicyclic) bond motifs is 1. The molecule has 0 aliphatic carbocycles. The van der Waals surface area contributed by atoms with Crippen LogP contribution < -0.4 is 30.2 Å². The summed E-state index contributed by atoms with van der Waals surface area (Å²) in [7, 11) is 1.41. The Kier molecular flexibility index (Phi) is 16.5. The van der Waals surface area contributed by atoms with Crippen LogP contribution in [0.5, 0.6) is 23.0 Å². The summed E-state index contributed by atoms with van der Waals surface area (Å²) in [5.41, 5.74) is -0.0543. The fourth-order valence-corrected chi connectivity index (χ4v) is 10.4. The van der Waals surface area contributed by atoms with Gasteiger partial charge in [-0.3, -0.25) is 19.5 Å². The molecule has 7 rings (SSSR count). The number of nitro groups is 1. The average molecular weight is 968 g/mol. The van der Waals surface area contributed by atoms with E-state index in [-0.39, 0.29) is 67.5 Å². The zero-order valence-corrected chi connectivity index (χ0v) is 40.8. The second-order valence-corrected chi connectivity index (χ2v) is 18.5. The van der Waals surface area contributed by atoms with Crippen LogP contribution in [-0.2, 0) is 35.6 Å². The fraction of sp³-hybridized carbons (Fsp3) is 0.420. The molecule has 1 saturated heterocycles. The average Bonchev–Trinajstić information content (AvgIpc) is 3.99. The van der Waals surface area contributed by atoms with Crippen LogP contribution in [0.3, 0.4) is 0 Å². The van der Waals surface area contributed by atoms with E-state index in [1.165, 1.54) is 22.9 Å². The fourth-order valence-electron chi connectivity index (χ4n) is 8.61. The number of nitriles is 1. The van der Waals surface area contributed by atoms with E-state index in [0.717, 1.165) is 21.3 Å². The van der Waals surface area contributed by atoms with Crippen LogP contribution in [0.2, 0.25) is 0 Å². The minimum atomic E-state index is -1.80. The molecule has 0 spiro atoms. The van der Waals surface area contributed by atoms with Gasteiger partial charge in [-0.1, -0.05) is 54.6 Å². The van der Waals surface area contributed by atoms with E-state index in [9.17, 15) is 25.0 Å². The number of methoxy groups -OCH3 is 2. The molecule has 0 bridgehead atoms. The minimum absolute atomic E-state index is 0.0165. The van der Waals surface area contributed by atoms with Gasteiger partial charge in [0.1, 0.15) is 36.2 Å². The van der Waals surface area contributed by atoms with Crippen molar-refractivity contribution in [3.8, 4) is 29.1 Å². The van der Waals surface area contributed by atoms with Crippen LogP contribution in [-0.4, -0.2) is 77.2 Å². The van der Waals surface area contributed by atoms with Gasteiger partial charge in [0.05, 0.1) is 68.7 Å². The standard InChI is InChI=1S/C50H58N5O13P/c1-32(2)54(33(3)4)69(66-24-12-23-51)68-45-27-47(52-28-34(5)48(56)53(49(52)57)30-62-35(6)41-25-43-44(64-31-63-43)26-42(41)55(58)59)67-46(45)29-65-50(36-13-10-9-11-14-36,37-15-19-39(60-7)20-16-37)38-17-21-40(61-8)22-18-38/h9-11,13-22,25-26,28,32-33,35,45-47H,12,24,27,29-31H2,1-8H3. The summed E-state index contributed by atoms with van der Waals surface area (Å²) < 4.78 is 59.9. The summed E-state index contributed by atoms with van der Waals surface area (Å²) in [5.74, 6) is 1.86. The molecule has 5 unspecified atom stereocenters. The third-order valence-electron chi connectivity index (χ3n) is 12.0. The summed E-state index contributed by atoms with van der Waals surface area (Å²) in [5, 5.41) is 21.5. The topological polar surface area (TPSA) is 197 Å². The molecule has 3 heterocycles. The lowest BCUT2D eigenvalue weighted by Gasteiger charge is -2.39. The molecule has 1 aromatic heterocycles. The third kappa shape index (κ3) is 11.0. The molecule has 5 aromatic rings. The first kappa shape index (κ1) is 50.7. The van der Waals surface area contributed by atoms with Gasteiger partial charge in [-0.15, -0.1) is 0 Å². The number of nitro benzene ring substituents is 1. The van der Waals surface area contributed by atoms with Crippen LogP contribution in [0, 0.1) is 28.4 Å². The Labute approximate surface area is 401 Å². The monoisotopic (exact) mass is 967 g/mol. The third-order valence-corrected chi connectivity index (χ3v) is 14.1. The number of benzene rings is 4. The summed E-state index contributed by atoms with van der Waals surface area (Å²) in [6.07, 6.45) is -1.81. The molecule has 366 valence electrons. The van der Waals surface area contributed by atoms with Crippen LogP contribution in [0.15, 0.2) is 107 Å². The lowest BCUT2D eigenvalue weighted by atomic mass is 9.80. The normalized spacial score (nSPS) is 17.6. The van der Waals surface area contributed by atoms with Gasteiger partial charge in [-0.25, -0.2) is 14.0 Å². The maximum absolute atomic E-state index is 14.5. The molecule has 4 aromatic carbocycles. The van der Waals surface area contributed by atoms with E-state index in [1.54, 1.807) is 28.1 Å². The molecule has 2 aliphatic rings. The zero-order valence-electron chi connectivity index (χ0n) is 39.9. The number of aryl methyl sites for hydroxylation is 1. The Morgan fingerprint density at radius 1 is 0.899 bits per heavy atom. The quantitative estimate of drug-likeness (QED) is 0.0210. The van der Waals surface area contributed by atoms with E-state index in [2.05, 4.69) is 10.7 Å². The Hall–Kier alpha value is -6.16. The highest BCUT2D eigenvalue weighted by atomic mass is 31.2. The lowest BCUT2D eigenvalue weighted by Crippen LogP contribution is -2.42. The van der Waals surface area contributed by atoms with Crippen LogP contribution >= 0.6 is 8.53 Å². The summed E-state index contributed by atoms with van der Waals surface area (Å²) in [6, 6.07) is 29.9. The van der Waals surface area contributed by atoms with E-state index in [4.69, 9.17) is 42.2 Å². The van der Waals surface area contributed by atoms with Gasteiger partial charge in [0.15, 0.2) is 11.5 Å². The Morgan fingerprint density at radius 2 is 1.49 bits per heavy atom. The van der Waals surface area contributed by atoms with Gasteiger partial charge in [0, 0.05) is 30.3 Å². The minimum Gasteiger partial charge on any atom is -0.497 e. The van der Waals surface area contributed by atoms with Crippen molar-refractivity contribution in [2.45, 2.75) is 103 Å². The van der Waals surface area contributed by atoms with Crippen molar-refractivity contribution in [1.82, 2.24) is 13.8 Å². The van der Waals surface area contributed by atoms with Crippen molar-refractivity contribution in [3.05, 3.63) is 156 Å². The van der Waals surface area contributed by atoms with Crippen molar-refractivity contribution in [1.29, 1.82) is 5.26 Å². The van der Waals surface area contributed by atoms with Crippen molar-refractivity contribution >= 4 is 14.2 Å². The highest BCUT2D eigenvalue weighted by molar-refractivity contribution is 7.44. The zero-order chi connectivity index (χ0) is 49.4. The van der Waals surface area contributed by atoms with Gasteiger partial charge in [-0.05, 0) is 88.6 Å². The molecule has 0 radical (unpaired) electrons. The largest absolute Gasteiger partial charge is 0.497 e. The number of hydrogen-bond acceptors (Lipinski definition) is 15. The highest BCUT2D eigenvalue weighted by Gasteiger charge is 2.45. The van der Waals surface area contributed by atoms with Gasteiger partial charge < -0.3 is 42.2 Å². The molecular formula is C50H58N5O13P. The van der Waals surface area contributed by atoms with Crippen LogP contribution in [0.4, 0.5) is 5.69 Å². The van der Waals surface area contributed by atoms with Crippen molar-refractivity contribution in [3.63, 3.8) is 0 Å². The smallest absolute Gasteiger partial charge is 0.335 e. The molecule has 0 N–H and O–H groups in total. The summed E-state index contributed by atoms with van der Waals surface area (Å²) >= 11 is 0. The van der Waals surface area contributed by atoms with E-state index < -0.39 is 61.6 Å². The number of hydrogen-bond donors (Lipinski definition) is 0. The number of nitrogens with zero attached hydrogens (tertiary/aromatic N) is 5. The summed E-state index contributed by atoms with van der Waals surface area (Å²) in [4.78, 5) is 39.8. The molecule has 0 saturated carbocycles. The van der Waals surface area contributed by atoms with Crippen molar-refractivity contribution < 1.29 is 47.1 Å². The van der Waals surface area contributed by atoms with E-state index in [1.807, 2.05) is 107 Å². The van der Waals surface area contributed by atoms with E-state index >= 15 is 0 Å². The van der Waals surface area contributed by atoms with Crippen LogP contribution in [0.25, 0.3) is 0 Å². The van der Waals surface area contributed by atoms with Crippen molar-refractivity contribution in [2.24, 2.45) is 0 Å². The van der Waals surface area contributed by atoms with Gasteiger partial charge >= 0.3 is 5.69 Å². The Balaban J connectivity index is 1.28. The van der Waals surface area contributed by atoms with Gasteiger partial charge in [0.25, 0.3) is 19.8 Å². The molecular weight excluding hydrogens is 910 g/mol. The van der Waals surface area contributed by atoms with Gasteiger partial charge in [-0.2, -0.15) is 5.26 Å². The molecule has 18 nitrogen and oxygen atoms in total. The molecule has 5 atom stereocenters. The SMILES string of the molecule is COc1ccc(C(OCC2OC(n3cc(C)c(=O)n(COC(C)c4cc5c(cc4[N+](=O)[O-])OCO5)c3=O)CC2OP(OCCC#N)N(C(C)C)C(C)C)(c2ccccc2)c2ccc(OC)cc2)cc1. The first-order valence-electron chi connectivity index (χ1n) is 22.6. The molecule has 1 fully saturated rings. The predicted molar refractivity (Wildman–Crippen MR) is 255 cm³/mol. The first-order chi connectivity index (χ1) is 33.2. The lowest BCUT2D eigenvalue weighted by molar-refractivity contribution is -0.386. The molecule has 0 amide bonds. The maximum atomic E-state index is 14.5. The number of aromatic nitrogens is 2. The predicted octanol–water partition coefficient (Wildman–Crippen LogP) is 8.67. The number of rotatable bonds is 22. The van der Waals surface area contributed by atoms with Crippen molar-refractivity contribution in [2.75, 3.05) is 34.2 Å². The first-order valence-corrected chi connectivity index (χ1v) is 23.7. The maximum Gasteiger partial charge on any atom is 0.335 e. The highest BCUT2D eigenvalue weighted by Crippen LogP contribution is 2.51. The second kappa shape index (κ2) is 22.5. The van der Waals surface area contributed by atoms with E-state index in [0.29, 0.717) is 17.2 Å². The Bertz CT molecular complexity index is 2650. The molecule has 2 aliphatic heterocycles. The molecule has 19 heteroatoms. The Morgan fingerprint density at radius 3 is 2.06 bits per heavy atom. The number of ether oxygens (including phenoxy) is 7.